The molecule has 8 nitrogen and oxygen atoms in total. The number of benzene rings is 7. The van der Waals surface area contributed by atoms with Gasteiger partial charge >= 0.3 is 7.12 Å². The van der Waals surface area contributed by atoms with E-state index in [9.17, 15) is 0 Å². The summed E-state index contributed by atoms with van der Waals surface area (Å²) in [6.45, 7) is 24.3. The van der Waals surface area contributed by atoms with Crippen LogP contribution >= 0.6 is 0 Å². The maximum absolute atomic E-state index is 8.58. The van der Waals surface area contributed by atoms with Gasteiger partial charge in [0.05, 0.1) is 5.82 Å². The molecule has 0 aliphatic rings. The van der Waals surface area contributed by atoms with Crippen LogP contribution in [0.4, 0.5) is 0 Å². The monoisotopic (exact) mass is 1170 g/mol. The van der Waals surface area contributed by atoms with Gasteiger partial charge in [0.25, 0.3) is 0 Å². The Morgan fingerprint density at radius 3 is 1.52 bits per heavy atom. The molecule has 0 aliphatic heterocycles. The summed E-state index contributed by atoms with van der Waals surface area (Å²) in [5, 5.41) is 36.2. The molecule has 9 rings (SSSR count). The van der Waals surface area contributed by atoms with Crippen LogP contribution < -0.4 is 5.46 Å². The summed E-state index contributed by atoms with van der Waals surface area (Å²) in [6, 6.07) is 59.4. The molecule has 0 bridgehead atoms. The van der Waals surface area contributed by atoms with Gasteiger partial charge in [0.2, 0.25) is 0 Å². The molecule has 7 aromatic carbocycles. The van der Waals surface area contributed by atoms with Crippen molar-refractivity contribution in [3.63, 3.8) is 0 Å². The number of hydrogen-bond donors (Lipinski definition) is 2. The molecule has 0 spiro atoms. The molecule has 0 aliphatic carbocycles. The number of unbranched alkanes of at least 4 members (excludes halogenated alkanes) is 2. The summed E-state index contributed by atoms with van der Waals surface area (Å²) in [4.78, 5) is 0. The topological polar surface area (TPSA) is 102 Å². The molecule has 0 amide bonds. The fourth-order valence-electron chi connectivity index (χ4n) is 9.43. The zero-order valence-corrected chi connectivity index (χ0v) is 48.2. The van der Waals surface area contributed by atoms with Gasteiger partial charge in [-0.25, -0.2) is 0 Å². The number of nitrogens with zero attached hydrogens (tertiary/aromatic N) is 6. The molecule has 1 radical (unpaired) electrons. The molecule has 0 saturated heterocycles. The zero-order chi connectivity index (χ0) is 53.0. The van der Waals surface area contributed by atoms with Gasteiger partial charge in [-0.05, 0) is 98.1 Å². The van der Waals surface area contributed by atoms with Crippen molar-refractivity contribution in [2.24, 2.45) is 0 Å². The first-order valence-corrected chi connectivity index (χ1v) is 26.2. The Morgan fingerprint density at radius 2 is 1.00 bits per heavy atom. The molecule has 75 heavy (non-hydrogen) atoms. The average Bonchev–Trinajstić information content (AvgIpc) is 4.07. The van der Waals surface area contributed by atoms with E-state index < -0.39 is 7.12 Å². The minimum Gasteiger partial charge on any atom is -0.423 e. The van der Waals surface area contributed by atoms with Crippen LogP contribution in [-0.2, 0) is 30.9 Å². The second-order valence-electron chi connectivity index (χ2n) is 21.0. The standard InChI is InChI=1S/C30H34N3.C29H33N3.C6H7BO2.Ir/c1-7-8-18-30(5,6)29-32-31-28(33(29)27-17-14-21(2)19-23(27)4)25-16-15-22(3)26(20-25)24-12-10-9-11-13-24;1-6-7-19-29(4,5)28-31-30-27(32(28)25-17-13-21(2)14-18-25)24-16-15-22(3)26(20-24)23-11-9-8-10-12-23;8-7(9)6-4-2-1-3-5-6;/h9-15,17,19-20H,7-8,18H2,1-6H3;8-18,20H,6-7,19H2,1-5H3;1-5,8-9H;/q-1;;;. The Kier molecular flexibility index (Phi) is 20.2. The van der Waals surface area contributed by atoms with Crippen LogP contribution in [0.25, 0.3) is 56.4 Å². The molecule has 0 fully saturated rings. The van der Waals surface area contributed by atoms with Gasteiger partial charge in [-0.1, -0.05) is 218 Å². The van der Waals surface area contributed by atoms with Crippen LogP contribution in [0.15, 0.2) is 164 Å². The maximum Gasteiger partial charge on any atom is 0.488 e. The molecular weight excluding hydrogens is 1100 g/mol. The van der Waals surface area contributed by atoms with Crippen molar-refractivity contribution in [2.75, 3.05) is 0 Å². The van der Waals surface area contributed by atoms with Crippen molar-refractivity contribution >= 4 is 12.6 Å². The number of rotatable bonds is 15. The molecule has 389 valence electrons. The number of hydrogen-bond acceptors (Lipinski definition) is 6. The van der Waals surface area contributed by atoms with Crippen LogP contribution in [-0.4, -0.2) is 46.7 Å². The summed E-state index contributed by atoms with van der Waals surface area (Å²) in [6.07, 6.45) is 6.83. The fourth-order valence-corrected chi connectivity index (χ4v) is 9.43. The van der Waals surface area contributed by atoms with Crippen molar-refractivity contribution in [3.8, 4) is 56.4 Å². The van der Waals surface area contributed by atoms with E-state index in [4.69, 9.17) is 30.4 Å². The second-order valence-corrected chi connectivity index (χ2v) is 21.0. The third-order valence-corrected chi connectivity index (χ3v) is 13.9. The number of aryl methyl sites for hydroxylation is 5. The Balaban J connectivity index is 0.000000207. The van der Waals surface area contributed by atoms with E-state index >= 15 is 0 Å². The van der Waals surface area contributed by atoms with Gasteiger partial charge < -0.3 is 14.6 Å². The van der Waals surface area contributed by atoms with Gasteiger partial charge in [-0.15, -0.1) is 44.6 Å². The van der Waals surface area contributed by atoms with E-state index in [1.807, 2.05) is 6.07 Å². The van der Waals surface area contributed by atoms with Crippen LogP contribution in [0, 0.1) is 40.7 Å². The predicted octanol–water partition coefficient (Wildman–Crippen LogP) is 14.8. The van der Waals surface area contributed by atoms with E-state index in [-0.39, 0.29) is 30.9 Å². The van der Waals surface area contributed by atoms with E-state index in [1.54, 1.807) is 24.3 Å². The van der Waals surface area contributed by atoms with Crippen molar-refractivity contribution in [1.29, 1.82) is 0 Å². The van der Waals surface area contributed by atoms with Crippen LogP contribution in [0.2, 0.25) is 0 Å². The summed E-state index contributed by atoms with van der Waals surface area (Å²) in [5.41, 5.74) is 15.7. The quantitative estimate of drug-likeness (QED) is 0.0783. The largest absolute Gasteiger partial charge is 0.488 e. The van der Waals surface area contributed by atoms with E-state index in [1.165, 1.54) is 69.3 Å². The normalized spacial score (nSPS) is 11.2. The summed E-state index contributed by atoms with van der Waals surface area (Å²) in [7, 11) is -1.34. The molecule has 2 aromatic heterocycles. The first-order valence-electron chi connectivity index (χ1n) is 26.2. The molecule has 0 unspecified atom stereocenters. The van der Waals surface area contributed by atoms with E-state index in [2.05, 4.69) is 225 Å². The van der Waals surface area contributed by atoms with Crippen LogP contribution in [0.1, 0.15) is 120 Å². The smallest absolute Gasteiger partial charge is 0.423 e. The Morgan fingerprint density at radius 1 is 0.493 bits per heavy atom. The van der Waals surface area contributed by atoms with Crippen molar-refractivity contribution in [3.05, 3.63) is 209 Å². The third-order valence-electron chi connectivity index (χ3n) is 13.9. The van der Waals surface area contributed by atoms with Gasteiger partial charge in [-0.3, -0.25) is 4.57 Å². The third kappa shape index (κ3) is 14.2. The Hall–Kier alpha value is -6.55. The van der Waals surface area contributed by atoms with Gasteiger partial charge in [0.15, 0.2) is 5.82 Å². The SMILES string of the molecule is CCCCC(C)(C)c1nnc(-c2[c-]cc(C)c(-c3ccccc3)c2)n1-c1ccc(C)cc1C.CCCCC(C)(C)c1nnc(-c2ccc(C)c(-c3ccccc3)c2)n1-c1ccc(C)cc1.OB(O)c1ccccc1.[Ir]. The first kappa shape index (κ1) is 57.7. The molecular formula is C65H74BIrN6O2-. The predicted molar refractivity (Wildman–Crippen MR) is 308 cm³/mol. The summed E-state index contributed by atoms with van der Waals surface area (Å²) < 4.78 is 4.52. The molecule has 2 N–H and O–H groups in total. The molecule has 9 aromatic rings. The molecule has 10 heteroatoms. The molecule has 2 heterocycles. The minimum atomic E-state index is -1.34. The maximum atomic E-state index is 8.58. The Labute approximate surface area is 460 Å². The van der Waals surface area contributed by atoms with Crippen LogP contribution in [0.3, 0.4) is 0 Å². The Bertz CT molecular complexity index is 3220. The summed E-state index contributed by atoms with van der Waals surface area (Å²) in [5.74, 6) is 3.77. The van der Waals surface area contributed by atoms with Crippen molar-refractivity contribution in [2.45, 2.75) is 126 Å². The molecule has 0 atom stereocenters. The van der Waals surface area contributed by atoms with Gasteiger partial charge in [-0.2, -0.15) is 5.10 Å². The molecule has 0 saturated carbocycles. The van der Waals surface area contributed by atoms with Crippen LogP contribution in [0.5, 0.6) is 0 Å². The van der Waals surface area contributed by atoms with Crippen molar-refractivity contribution in [1.82, 2.24) is 29.5 Å². The van der Waals surface area contributed by atoms with E-state index in [0.29, 0.717) is 5.46 Å². The first-order chi connectivity index (χ1) is 35.5. The van der Waals surface area contributed by atoms with E-state index in [0.717, 1.165) is 65.1 Å². The number of aromatic nitrogens is 6. The van der Waals surface area contributed by atoms with Gasteiger partial charge in [0, 0.05) is 47.9 Å². The summed E-state index contributed by atoms with van der Waals surface area (Å²) >= 11 is 0. The fraction of sp³-hybridized carbons (Fsp3) is 0.292. The second kappa shape index (κ2) is 26.3. The van der Waals surface area contributed by atoms with Crippen molar-refractivity contribution < 1.29 is 30.2 Å². The van der Waals surface area contributed by atoms with Gasteiger partial charge in [0.1, 0.15) is 11.6 Å². The zero-order valence-electron chi connectivity index (χ0n) is 45.8. The minimum absolute atomic E-state index is 0. The average molecular weight is 1170 g/mol.